The number of carbonyl (C=O) groups is 1. The van der Waals surface area contributed by atoms with Crippen LogP contribution in [0.15, 0.2) is 45.9 Å². The minimum Gasteiger partial charge on any atom is -0.289 e. The Kier molecular flexibility index (Phi) is 4.28. The quantitative estimate of drug-likeness (QED) is 0.688. The summed E-state index contributed by atoms with van der Waals surface area (Å²) in [5.74, 6) is 1.27. The molecule has 0 heterocycles. The van der Waals surface area contributed by atoms with E-state index in [-0.39, 0.29) is 5.78 Å². The highest BCUT2D eigenvalue weighted by Gasteiger charge is 2.29. The summed E-state index contributed by atoms with van der Waals surface area (Å²) in [6.45, 7) is 8.33. The predicted octanol–water partition coefficient (Wildman–Crippen LogP) is 4.58. The van der Waals surface area contributed by atoms with Crippen molar-refractivity contribution in [1.82, 2.24) is 0 Å². The van der Waals surface area contributed by atoms with Gasteiger partial charge in [-0.2, -0.15) is 0 Å². The van der Waals surface area contributed by atoms with Crippen LogP contribution in [0.4, 0.5) is 0 Å². The van der Waals surface area contributed by atoms with E-state index >= 15 is 0 Å². The normalized spacial score (nSPS) is 19.7. The van der Waals surface area contributed by atoms with Crippen LogP contribution in [0.25, 0.3) is 0 Å². The Bertz CT molecular complexity index is 477. The third-order valence-corrected chi connectivity index (χ3v) is 4.76. The fourth-order valence-corrected chi connectivity index (χ4v) is 3.57. The van der Waals surface area contributed by atoms with Crippen LogP contribution in [-0.2, 0) is 4.79 Å². The minimum absolute atomic E-state index is 0.201. The predicted molar refractivity (Wildman–Crippen MR) is 79.6 cm³/mol. The topological polar surface area (TPSA) is 17.1 Å². The van der Waals surface area contributed by atoms with Crippen molar-refractivity contribution in [1.29, 1.82) is 0 Å². The standard InChI is InChI=1S/C16H20OS/c1-4-5-10-18-16-11(2)13-8-6-7-9-14(13)15(17)12(16)3/h8-9H,2,4-7,10H2,1,3H3. The van der Waals surface area contributed by atoms with Crippen molar-refractivity contribution >= 4 is 17.5 Å². The number of fused-ring (bicyclic) bond motifs is 1. The molecule has 0 saturated heterocycles. The Morgan fingerprint density at radius 2 is 1.94 bits per heavy atom. The number of rotatable bonds is 4. The fraction of sp³-hybridized carbons (Fsp3) is 0.438. The van der Waals surface area contributed by atoms with Crippen molar-refractivity contribution in [2.45, 2.75) is 39.5 Å². The molecule has 0 atom stereocenters. The summed E-state index contributed by atoms with van der Waals surface area (Å²) >= 11 is 1.79. The van der Waals surface area contributed by atoms with Gasteiger partial charge >= 0.3 is 0 Å². The lowest BCUT2D eigenvalue weighted by molar-refractivity contribution is -0.112. The van der Waals surface area contributed by atoms with Crippen LogP contribution in [0.2, 0.25) is 0 Å². The second kappa shape index (κ2) is 5.75. The number of thioether (sulfide) groups is 1. The molecule has 0 aromatic heterocycles. The lowest BCUT2D eigenvalue weighted by atomic mass is 9.82. The van der Waals surface area contributed by atoms with Crippen molar-refractivity contribution in [3.63, 3.8) is 0 Å². The zero-order valence-corrected chi connectivity index (χ0v) is 12.0. The summed E-state index contributed by atoms with van der Waals surface area (Å²) in [5.41, 5.74) is 3.89. The van der Waals surface area contributed by atoms with Crippen molar-refractivity contribution in [2.75, 3.05) is 5.75 Å². The first-order valence-corrected chi connectivity index (χ1v) is 7.64. The van der Waals surface area contributed by atoms with Crippen LogP contribution < -0.4 is 0 Å². The molecule has 2 rings (SSSR count). The number of allylic oxidation sites excluding steroid dienone is 6. The second-order valence-electron chi connectivity index (χ2n) is 4.78. The Balaban J connectivity index is 2.30. The van der Waals surface area contributed by atoms with E-state index in [1.807, 2.05) is 6.92 Å². The molecule has 2 aliphatic rings. The molecule has 0 aromatic carbocycles. The molecule has 1 nitrogen and oxygen atoms in total. The average molecular weight is 260 g/mol. The molecule has 0 aromatic rings. The van der Waals surface area contributed by atoms with E-state index in [2.05, 4.69) is 25.7 Å². The van der Waals surface area contributed by atoms with Crippen molar-refractivity contribution in [2.24, 2.45) is 0 Å². The van der Waals surface area contributed by atoms with Crippen molar-refractivity contribution < 1.29 is 4.79 Å². The van der Waals surface area contributed by atoms with Gasteiger partial charge in [0, 0.05) is 16.1 Å². The van der Waals surface area contributed by atoms with Crippen molar-refractivity contribution in [3.8, 4) is 0 Å². The van der Waals surface area contributed by atoms with Gasteiger partial charge in [0.2, 0.25) is 0 Å². The summed E-state index contributed by atoms with van der Waals surface area (Å²) in [7, 11) is 0. The van der Waals surface area contributed by atoms with E-state index in [1.54, 1.807) is 11.8 Å². The van der Waals surface area contributed by atoms with Gasteiger partial charge in [-0.05, 0) is 43.1 Å². The molecule has 0 aliphatic heterocycles. The summed E-state index contributed by atoms with van der Waals surface area (Å²) in [4.78, 5) is 13.4. The number of Topliss-reactive ketones (excluding diaryl/α,β-unsaturated/α-hetero) is 1. The number of hydrogen-bond acceptors (Lipinski definition) is 2. The molecule has 0 spiro atoms. The maximum absolute atomic E-state index is 12.3. The third-order valence-electron chi connectivity index (χ3n) is 3.42. The van der Waals surface area contributed by atoms with Gasteiger partial charge in [-0.15, -0.1) is 11.8 Å². The zero-order chi connectivity index (χ0) is 13.1. The SMILES string of the molecule is C=C1C2=CCCC=C2C(=O)C(C)=C1SCCCC. The van der Waals surface area contributed by atoms with Gasteiger partial charge < -0.3 is 0 Å². The van der Waals surface area contributed by atoms with Gasteiger partial charge in [0.15, 0.2) is 5.78 Å². The van der Waals surface area contributed by atoms with Gasteiger partial charge in [0.1, 0.15) is 0 Å². The van der Waals surface area contributed by atoms with Crippen LogP contribution in [0.5, 0.6) is 0 Å². The van der Waals surface area contributed by atoms with Crippen LogP contribution in [0, 0.1) is 0 Å². The van der Waals surface area contributed by atoms with Gasteiger partial charge in [-0.3, -0.25) is 4.79 Å². The number of unbranched alkanes of at least 4 members (excludes halogenated alkanes) is 1. The molecular weight excluding hydrogens is 240 g/mol. The molecule has 0 radical (unpaired) electrons. The third kappa shape index (κ3) is 2.39. The van der Waals surface area contributed by atoms with Crippen LogP contribution >= 0.6 is 11.8 Å². The van der Waals surface area contributed by atoms with Gasteiger partial charge in [0.05, 0.1) is 0 Å². The molecule has 0 fully saturated rings. The minimum atomic E-state index is 0.201. The lowest BCUT2D eigenvalue weighted by Gasteiger charge is -2.26. The smallest absolute Gasteiger partial charge is 0.190 e. The van der Waals surface area contributed by atoms with E-state index in [0.29, 0.717) is 0 Å². The molecule has 0 unspecified atom stereocenters. The van der Waals surface area contributed by atoms with E-state index in [0.717, 1.165) is 45.8 Å². The first-order chi connectivity index (χ1) is 8.66. The molecule has 2 aliphatic carbocycles. The van der Waals surface area contributed by atoms with E-state index in [9.17, 15) is 4.79 Å². The molecule has 0 bridgehead atoms. The highest BCUT2D eigenvalue weighted by Crippen LogP contribution is 2.42. The lowest BCUT2D eigenvalue weighted by Crippen LogP contribution is -2.17. The van der Waals surface area contributed by atoms with Crippen molar-refractivity contribution in [3.05, 3.63) is 45.9 Å². The molecule has 18 heavy (non-hydrogen) atoms. The Morgan fingerprint density at radius 1 is 1.28 bits per heavy atom. The molecule has 96 valence electrons. The van der Waals surface area contributed by atoms with Gasteiger partial charge in [0.25, 0.3) is 0 Å². The highest BCUT2D eigenvalue weighted by atomic mass is 32.2. The fourth-order valence-electron chi connectivity index (χ4n) is 2.34. The Labute approximate surface area is 114 Å². The number of hydrogen-bond donors (Lipinski definition) is 0. The molecule has 2 heteroatoms. The summed E-state index contributed by atoms with van der Waals surface area (Å²) in [5, 5.41) is 0. The summed E-state index contributed by atoms with van der Waals surface area (Å²) < 4.78 is 0. The Morgan fingerprint density at radius 3 is 2.61 bits per heavy atom. The van der Waals surface area contributed by atoms with E-state index in [1.165, 1.54) is 12.8 Å². The average Bonchev–Trinajstić information content (AvgIpc) is 2.40. The van der Waals surface area contributed by atoms with Gasteiger partial charge in [-0.1, -0.05) is 32.1 Å². The second-order valence-corrected chi connectivity index (χ2v) is 5.88. The monoisotopic (exact) mass is 260 g/mol. The van der Waals surface area contributed by atoms with Crippen LogP contribution in [0.1, 0.15) is 39.5 Å². The first-order valence-electron chi connectivity index (χ1n) is 6.65. The molecule has 0 saturated carbocycles. The molecule has 0 amide bonds. The zero-order valence-electron chi connectivity index (χ0n) is 11.2. The first kappa shape index (κ1) is 13.4. The largest absolute Gasteiger partial charge is 0.289 e. The maximum Gasteiger partial charge on any atom is 0.190 e. The summed E-state index contributed by atoms with van der Waals surface area (Å²) in [6, 6.07) is 0. The maximum atomic E-state index is 12.3. The molecular formula is C16H20OS. The van der Waals surface area contributed by atoms with Gasteiger partial charge in [-0.25, -0.2) is 0 Å². The van der Waals surface area contributed by atoms with Crippen LogP contribution in [-0.4, -0.2) is 11.5 Å². The molecule has 0 N–H and O–H groups in total. The summed E-state index contributed by atoms with van der Waals surface area (Å²) in [6.07, 6.45) is 8.61. The van der Waals surface area contributed by atoms with Crippen LogP contribution in [0.3, 0.4) is 0 Å². The highest BCUT2D eigenvalue weighted by molar-refractivity contribution is 8.03. The van der Waals surface area contributed by atoms with E-state index in [4.69, 9.17) is 0 Å². The number of ketones is 1. The number of carbonyl (C=O) groups excluding carboxylic acids is 1. The van der Waals surface area contributed by atoms with E-state index < -0.39 is 0 Å². The Hall–Kier alpha value is -1.02.